The monoisotopic (exact) mass is 393 g/mol. The number of rotatable bonds is 9. The zero-order valence-electron chi connectivity index (χ0n) is 17.3. The first-order valence-corrected chi connectivity index (χ1v) is 9.64. The highest BCUT2D eigenvalue weighted by atomic mass is 16.5. The summed E-state index contributed by atoms with van der Waals surface area (Å²) in [5.41, 5.74) is 4.56. The van der Waals surface area contributed by atoms with Crippen molar-refractivity contribution in [2.75, 3.05) is 31.4 Å². The fourth-order valence-corrected chi connectivity index (χ4v) is 3.13. The molecule has 0 bridgehead atoms. The number of hydrogen-bond acceptors (Lipinski definition) is 7. The quantitative estimate of drug-likeness (QED) is 0.565. The summed E-state index contributed by atoms with van der Waals surface area (Å²) < 4.78 is 10.6. The zero-order chi connectivity index (χ0) is 20.6. The van der Waals surface area contributed by atoms with Gasteiger partial charge in [0, 0.05) is 12.2 Å². The maximum Gasteiger partial charge on any atom is 0.249 e. The normalized spacial score (nSPS) is 10.5. The van der Waals surface area contributed by atoms with E-state index in [1.54, 1.807) is 20.4 Å². The predicted octanol–water partition coefficient (Wildman–Crippen LogP) is 4.16. The molecule has 0 unspecified atom stereocenters. The summed E-state index contributed by atoms with van der Waals surface area (Å²) in [5.74, 6) is 2.60. The average molecular weight is 393 g/mol. The molecule has 0 amide bonds. The summed E-state index contributed by atoms with van der Waals surface area (Å²) >= 11 is 0. The number of hydrogen-bond donors (Lipinski definition) is 2. The first-order chi connectivity index (χ1) is 14.1. The van der Waals surface area contributed by atoms with Crippen LogP contribution < -0.4 is 20.1 Å². The lowest BCUT2D eigenvalue weighted by Crippen LogP contribution is -2.09. The molecule has 7 nitrogen and oxygen atoms in total. The lowest BCUT2D eigenvalue weighted by atomic mass is 10.1. The van der Waals surface area contributed by atoms with Gasteiger partial charge in [0.1, 0.15) is 0 Å². The van der Waals surface area contributed by atoms with Gasteiger partial charge in [-0.25, -0.2) is 0 Å². The molecule has 0 atom stereocenters. The zero-order valence-corrected chi connectivity index (χ0v) is 17.3. The maximum absolute atomic E-state index is 5.36. The Kier molecular flexibility index (Phi) is 6.84. The number of nitrogens with one attached hydrogen (secondary N) is 2. The number of methoxy groups -OCH3 is 2. The van der Waals surface area contributed by atoms with Crippen LogP contribution in [0.2, 0.25) is 0 Å². The number of benzene rings is 2. The molecule has 7 heteroatoms. The smallest absolute Gasteiger partial charge is 0.249 e. The van der Waals surface area contributed by atoms with Crippen molar-refractivity contribution in [3.8, 4) is 11.5 Å². The third-order valence-electron chi connectivity index (χ3n) is 4.70. The third kappa shape index (κ3) is 5.13. The van der Waals surface area contributed by atoms with Gasteiger partial charge in [-0.05, 0) is 48.6 Å². The summed E-state index contributed by atoms with van der Waals surface area (Å²) in [6, 6.07) is 12.2. The van der Waals surface area contributed by atoms with Gasteiger partial charge in [-0.2, -0.15) is 10.1 Å². The highest BCUT2D eigenvalue weighted by Crippen LogP contribution is 2.28. The van der Waals surface area contributed by atoms with E-state index in [1.807, 2.05) is 18.2 Å². The molecule has 0 spiro atoms. The number of ether oxygens (including phenoxy) is 2. The molecular weight excluding hydrogens is 366 g/mol. The summed E-state index contributed by atoms with van der Waals surface area (Å²) in [5, 5.41) is 14.8. The van der Waals surface area contributed by atoms with Gasteiger partial charge in [0.2, 0.25) is 5.95 Å². The van der Waals surface area contributed by atoms with Crippen LogP contribution in [0.1, 0.15) is 23.6 Å². The van der Waals surface area contributed by atoms with E-state index in [0.717, 1.165) is 41.2 Å². The van der Waals surface area contributed by atoms with Crippen LogP contribution in [0.5, 0.6) is 11.5 Å². The molecule has 1 aromatic heterocycles. The van der Waals surface area contributed by atoms with E-state index < -0.39 is 0 Å². The standard InChI is InChI=1S/C22H27N5O2/c1-5-17-8-6-7-15(2)21(17)26-22-25-20(14-24-27-22)23-12-11-16-9-10-18(28-3)19(13-16)29-4/h6-10,13-14H,5,11-12H2,1-4H3,(H2,23,25,26,27). The van der Waals surface area contributed by atoms with Gasteiger partial charge < -0.3 is 20.1 Å². The van der Waals surface area contributed by atoms with Gasteiger partial charge in [-0.1, -0.05) is 31.2 Å². The Labute approximate surface area is 171 Å². The fourth-order valence-electron chi connectivity index (χ4n) is 3.13. The van der Waals surface area contributed by atoms with Gasteiger partial charge in [0.15, 0.2) is 17.3 Å². The minimum atomic E-state index is 0.477. The first-order valence-electron chi connectivity index (χ1n) is 9.64. The Hall–Kier alpha value is -3.35. The molecule has 3 rings (SSSR count). The van der Waals surface area contributed by atoms with Gasteiger partial charge in [-0.3, -0.25) is 0 Å². The molecule has 1 heterocycles. The van der Waals surface area contributed by atoms with Gasteiger partial charge in [-0.15, -0.1) is 5.10 Å². The molecule has 152 valence electrons. The Morgan fingerprint density at radius 3 is 2.62 bits per heavy atom. The molecule has 0 aliphatic rings. The minimum absolute atomic E-state index is 0.477. The molecule has 0 aliphatic carbocycles. The topological polar surface area (TPSA) is 81.2 Å². The number of anilines is 3. The summed E-state index contributed by atoms with van der Waals surface area (Å²) in [6.07, 6.45) is 3.37. The molecule has 0 fully saturated rings. The average Bonchev–Trinajstić information content (AvgIpc) is 2.75. The molecule has 0 saturated carbocycles. The second-order valence-electron chi connectivity index (χ2n) is 6.62. The second kappa shape index (κ2) is 9.73. The van der Waals surface area contributed by atoms with Crippen molar-refractivity contribution >= 4 is 17.5 Å². The predicted molar refractivity (Wildman–Crippen MR) is 115 cm³/mol. The highest BCUT2D eigenvalue weighted by Gasteiger charge is 2.08. The molecule has 3 aromatic rings. The van der Waals surface area contributed by atoms with Crippen LogP contribution in [0.4, 0.5) is 17.5 Å². The lowest BCUT2D eigenvalue weighted by molar-refractivity contribution is 0.354. The minimum Gasteiger partial charge on any atom is -0.493 e. The van der Waals surface area contributed by atoms with Crippen LogP contribution in [-0.4, -0.2) is 35.9 Å². The number of aromatic nitrogens is 3. The van der Waals surface area contributed by atoms with Crippen molar-refractivity contribution in [2.45, 2.75) is 26.7 Å². The van der Waals surface area contributed by atoms with E-state index >= 15 is 0 Å². The molecule has 0 saturated heterocycles. The third-order valence-corrected chi connectivity index (χ3v) is 4.70. The van der Waals surface area contributed by atoms with Crippen molar-refractivity contribution in [1.82, 2.24) is 15.2 Å². The first kappa shape index (κ1) is 20.4. The Balaban J connectivity index is 1.64. The van der Waals surface area contributed by atoms with Gasteiger partial charge in [0.05, 0.1) is 20.4 Å². The van der Waals surface area contributed by atoms with E-state index in [4.69, 9.17) is 9.47 Å². The van der Waals surface area contributed by atoms with E-state index in [-0.39, 0.29) is 0 Å². The van der Waals surface area contributed by atoms with Crippen LogP contribution in [0.3, 0.4) is 0 Å². The summed E-state index contributed by atoms with van der Waals surface area (Å²) in [4.78, 5) is 4.54. The Morgan fingerprint density at radius 1 is 1.03 bits per heavy atom. The number of para-hydroxylation sites is 1. The van der Waals surface area contributed by atoms with Crippen LogP contribution in [0.25, 0.3) is 0 Å². The van der Waals surface area contributed by atoms with E-state index in [9.17, 15) is 0 Å². The summed E-state index contributed by atoms with van der Waals surface area (Å²) in [7, 11) is 3.27. The highest BCUT2D eigenvalue weighted by molar-refractivity contribution is 5.63. The van der Waals surface area contributed by atoms with Crippen molar-refractivity contribution in [3.63, 3.8) is 0 Å². The molecule has 0 radical (unpaired) electrons. The van der Waals surface area contributed by atoms with Crippen LogP contribution >= 0.6 is 0 Å². The molecule has 0 aliphatic heterocycles. The van der Waals surface area contributed by atoms with E-state index in [0.29, 0.717) is 18.3 Å². The fraction of sp³-hybridized carbons (Fsp3) is 0.318. The van der Waals surface area contributed by atoms with E-state index in [2.05, 4.69) is 57.9 Å². The molecule has 2 N–H and O–H groups in total. The second-order valence-corrected chi connectivity index (χ2v) is 6.62. The lowest BCUT2D eigenvalue weighted by Gasteiger charge is -2.13. The molecule has 2 aromatic carbocycles. The van der Waals surface area contributed by atoms with Gasteiger partial charge in [0.25, 0.3) is 0 Å². The van der Waals surface area contributed by atoms with Crippen LogP contribution in [0.15, 0.2) is 42.6 Å². The van der Waals surface area contributed by atoms with E-state index in [1.165, 1.54) is 5.56 Å². The van der Waals surface area contributed by atoms with Crippen LogP contribution in [-0.2, 0) is 12.8 Å². The summed E-state index contributed by atoms with van der Waals surface area (Å²) in [6.45, 7) is 4.91. The van der Waals surface area contributed by atoms with Crippen molar-refractivity contribution < 1.29 is 9.47 Å². The number of aryl methyl sites for hydroxylation is 2. The van der Waals surface area contributed by atoms with Crippen molar-refractivity contribution in [3.05, 3.63) is 59.3 Å². The number of nitrogens with zero attached hydrogens (tertiary/aromatic N) is 3. The van der Waals surface area contributed by atoms with Crippen molar-refractivity contribution in [1.29, 1.82) is 0 Å². The Bertz CT molecular complexity index is 962. The van der Waals surface area contributed by atoms with Crippen molar-refractivity contribution in [2.24, 2.45) is 0 Å². The van der Waals surface area contributed by atoms with Crippen LogP contribution in [0, 0.1) is 6.92 Å². The molecule has 29 heavy (non-hydrogen) atoms. The molecular formula is C22H27N5O2. The SMILES string of the molecule is CCc1cccc(C)c1Nc1nncc(NCCc2ccc(OC)c(OC)c2)n1. The Morgan fingerprint density at radius 2 is 1.86 bits per heavy atom. The van der Waals surface area contributed by atoms with Gasteiger partial charge >= 0.3 is 0 Å². The maximum atomic E-state index is 5.36. The largest absolute Gasteiger partial charge is 0.493 e.